The van der Waals surface area contributed by atoms with Crippen LogP contribution < -0.4 is 5.32 Å². The topological polar surface area (TPSA) is 95.9 Å². The molecule has 0 aliphatic heterocycles. The lowest BCUT2D eigenvalue weighted by Crippen LogP contribution is -2.46. The van der Waals surface area contributed by atoms with Gasteiger partial charge in [-0.3, -0.25) is 9.59 Å². The zero-order valence-corrected chi connectivity index (χ0v) is 41.9. The Balaban J connectivity index is 4.62. The number of ether oxygens (including phenoxy) is 1. The van der Waals surface area contributed by atoms with Crippen LogP contribution in [-0.4, -0.2) is 46.9 Å². The van der Waals surface area contributed by atoms with Gasteiger partial charge in [-0.15, -0.1) is 0 Å². The highest BCUT2D eigenvalue weighted by atomic mass is 16.5. The maximum Gasteiger partial charge on any atom is 0.306 e. The van der Waals surface area contributed by atoms with Crippen molar-refractivity contribution >= 4 is 11.9 Å². The number of nitrogens with one attached hydrogen (secondary N) is 1. The van der Waals surface area contributed by atoms with Gasteiger partial charge in [-0.1, -0.05) is 234 Å². The van der Waals surface area contributed by atoms with E-state index in [0.29, 0.717) is 19.3 Å². The van der Waals surface area contributed by atoms with Crippen molar-refractivity contribution in [1.29, 1.82) is 0 Å². The largest absolute Gasteiger partial charge is 0.462 e. The van der Waals surface area contributed by atoms with E-state index in [-0.39, 0.29) is 24.9 Å². The molecule has 0 saturated heterocycles. The third-order valence-electron chi connectivity index (χ3n) is 11.8. The summed E-state index contributed by atoms with van der Waals surface area (Å²) in [5.41, 5.74) is 0. The first-order valence-corrected chi connectivity index (χ1v) is 26.9. The Labute approximate surface area is 395 Å². The summed E-state index contributed by atoms with van der Waals surface area (Å²) in [5, 5.41) is 23.8. The van der Waals surface area contributed by atoms with Crippen molar-refractivity contribution < 1.29 is 24.5 Å². The predicted octanol–water partition coefficient (Wildman–Crippen LogP) is 16.3. The fraction of sp³-hybridized carbons (Fsp3) is 0.724. The monoisotopic (exact) mass is 892 g/mol. The van der Waals surface area contributed by atoms with Gasteiger partial charge in [0, 0.05) is 6.42 Å². The Bertz CT molecular complexity index is 1230. The zero-order valence-electron chi connectivity index (χ0n) is 41.9. The predicted molar refractivity (Wildman–Crippen MR) is 278 cm³/mol. The molecule has 1 amide bonds. The van der Waals surface area contributed by atoms with Gasteiger partial charge in [-0.25, -0.2) is 0 Å². The van der Waals surface area contributed by atoms with E-state index in [1.807, 2.05) is 0 Å². The van der Waals surface area contributed by atoms with Gasteiger partial charge in [0.05, 0.1) is 25.2 Å². The highest BCUT2D eigenvalue weighted by molar-refractivity contribution is 5.77. The summed E-state index contributed by atoms with van der Waals surface area (Å²) in [7, 11) is 0. The van der Waals surface area contributed by atoms with Crippen LogP contribution in [0.2, 0.25) is 0 Å². The highest BCUT2D eigenvalue weighted by Gasteiger charge is 2.24. The standard InChI is InChI=1S/C58H101NO5/c1-4-7-10-13-16-19-22-25-27-28-29-31-33-36-39-42-45-48-51-58(63)64-54(49-46-43-40-37-34-24-21-18-15-12-9-6-3)52-57(62)59-55(53-60)56(61)50-47-44-41-38-35-32-30-26-23-20-17-14-11-8-5-2/h9,12,16,18-19,21-22,25,27-29,31,34,37,54-56,60-61H,4-8,10-11,13-15,17,20,23-24,26,30,32-33,35-36,38-53H2,1-3H3,(H,59,62)/b12-9+,19-16+,21-18+,25-22+,28-27+,31-29+,37-34+. The van der Waals surface area contributed by atoms with Crippen molar-refractivity contribution in [2.45, 2.75) is 264 Å². The van der Waals surface area contributed by atoms with Crippen LogP contribution in [0.5, 0.6) is 0 Å². The molecule has 0 heterocycles. The zero-order chi connectivity index (χ0) is 46.7. The van der Waals surface area contributed by atoms with E-state index >= 15 is 0 Å². The second kappa shape index (κ2) is 51.0. The maximum absolute atomic E-state index is 13.2. The second-order valence-corrected chi connectivity index (χ2v) is 18.0. The van der Waals surface area contributed by atoms with Crippen molar-refractivity contribution in [2.75, 3.05) is 6.61 Å². The minimum absolute atomic E-state index is 0.0379. The molecule has 6 nitrogen and oxygen atoms in total. The maximum atomic E-state index is 13.2. The molecule has 6 heteroatoms. The molecular weight excluding hydrogens is 791 g/mol. The van der Waals surface area contributed by atoms with Crippen LogP contribution in [0.25, 0.3) is 0 Å². The number of carbonyl (C=O) groups is 2. The molecule has 368 valence electrons. The van der Waals surface area contributed by atoms with E-state index in [0.717, 1.165) is 103 Å². The number of allylic oxidation sites excluding steroid dienone is 14. The van der Waals surface area contributed by atoms with Gasteiger partial charge in [0.15, 0.2) is 0 Å². The van der Waals surface area contributed by atoms with Gasteiger partial charge < -0.3 is 20.3 Å². The van der Waals surface area contributed by atoms with Crippen LogP contribution in [0.15, 0.2) is 85.1 Å². The van der Waals surface area contributed by atoms with Gasteiger partial charge in [-0.05, 0) is 83.5 Å². The minimum Gasteiger partial charge on any atom is -0.462 e. The van der Waals surface area contributed by atoms with Crippen LogP contribution in [0.3, 0.4) is 0 Å². The highest BCUT2D eigenvalue weighted by Crippen LogP contribution is 2.17. The average Bonchev–Trinajstić information content (AvgIpc) is 3.29. The number of hydrogen-bond donors (Lipinski definition) is 3. The summed E-state index contributed by atoms with van der Waals surface area (Å²) in [6.07, 6.45) is 66.4. The fourth-order valence-electron chi connectivity index (χ4n) is 7.75. The first-order chi connectivity index (χ1) is 31.5. The third kappa shape index (κ3) is 45.6. The number of carbonyl (C=O) groups excluding carboxylic acids is 2. The van der Waals surface area contributed by atoms with Gasteiger partial charge >= 0.3 is 5.97 Å². The number of aliphatic hydroxyl groups excluding tert-OH is 2. The summed E-state index contributed by atoms with van der Waals surface area (Å²) in [5.74, 6) is -0.542. The molecule has 0 saturated carbocycles. The van der Waals surface area contributed by atoms with Crippen molar-refractivity contribution in [1.82, 2.24) is 5.32 Å². The van der Waals surface area contributed by atoms with Crippen molar-refractivity contribution in [3.8, 4) is 0 Å². The van der Waals surface area contributed by atoms with Crippen molar-refractivity contribution in [3.63, 3.8) is 0 Å². The molecule has 3 unspecified atom stereocenters. The molecule has 3 atom stereocenters. The van der Waals surface area contributed by atoms with Gasteiger partial charge in [0.1, 0.15) is 6.10 Å². The van der Waals surface area contributed by atoms with Gasteiger partial charge in [-0.2, -0.15) is 0 Å². The SMILES string of the molecule is CC/C=C/C/C=C/C/C=C/CCCCC(CC(=O)NC(CO)C(O)CCCCCCCCCCCCCCCCC)OC(=O)CCCCCCC/C=C/C=C/C=C/C=C/CCCCC. The number of hydrogen-bond acceptors (Lipinski definition) is 5. The first kappa shape index (κ1) is 61.0. The molecule has 64 heavy (non-hydrogen) atoms. The molecule has 3 N–H and O–H groups in total. The van der Waals surface area contributed by atoms with Gasteiger partial charge in [0.25, 0.3) is 0 Å². The number of amides is 1. The van der Waals surface area contributed by atoms with E-state index in [2.05, 4.69) is 111 Å². The molecule has 0 aliphatic rings. The number of aliphatic hydroxyl groups is 2. The van der Waals surface area contributed by atoms with E-state index in [9.17, 15) is 19.8 Å². The van der Waals surface area contributed by atoms with Crippen LogP contribution in [-0.2, 0) is 14.3 Å². The van der Waals surface area contributed by atoms with Crippen LogP contribution in [0.1, 0.15) is 245 Å². The molecule has 0 rings (SSSR count). The molecule has 0 aromatic carbocycles. The van der Waals surface area contributed by atoms with Crippen LogP contribution in [0.4, 0.5) is 0 Å². The van der Waals surface area contributed by atoms with Crippen molar-refractivity contribution in [3.05, 3.63) is 85.1 Å². The summed E-state index contributed by atoms with van der Waals surface area (Å²) < 4.78 is 5.91. The van der Waals surface area contributed by atoms with E-state index < -0.39 is 18.2 Å². The Kier molecular flexibility index (Phi) is 48.7. The van der Waals surface area contributed by atoms with Gasteiger partial charge in [0.2, 0.25) is 5.91 Å². The molecule has 0 aliphatic carbocycles. The minimum atomic E-state index is -0.806. The Hall–Kier alpha value is -2.96. The summed E-state index contributed by atoms with van der Waals surface area (Å²) in [4.78, 5) is 26.2. The smallest absolute Gasteiger partial charge is 0.306 e. The third-order valence-corrected chi connectivity index (χ3v) is 11.8. The Morgan fingerprint density at radius 2 is 0.906 bits per heavy atom. The number of rotatable bonds is 47. The van der Waals surface area contributed by atoms with E-state index in [4.69, 9.17) is 4.74 Å². The quantitative estimate of drug-likeness (QED) is 0.0245. The molecule has 0 radical (unpaired) electrons. The lowest BCUT2D eigenvalue weighted by molar-refractivity contribution is -0.151. The number of esters is 1. The summed E-state index contributed by atoms with van der Waals surface area (Å²) in [6.45, 7) is 6.32. The molecule has 0 aromatic heterocycles. The number of unbranched alkanes of at least 4 members (excludes halogenated alkanes) is 24. The second-order valence-electron chi connectivity index (χ2n) is 18.0. The Morgan fingerprint density at radius 3 is 1.47 bits per heavy atom. The molecule has 0 spiro atoms. The average molecular weight is 892 g/mol. The normalized spacial score (nSPS) is 13.9. The van der Waals surface area contributed by atoms with Crippen LogP contribution in [0, 0.1) is 0 Å². The Morgan fingerprint density at radius 1 is 0.484 bits per heavy atom. The molecule has 0 fully saturated rings. The van der Waals surface area contributed by atoms with E-state index in [1.54, 1.807) is 0 Å². The van der Waals surface area contributed by atoms with Crippen molar-refractivity contribution in [2.24, 2.45) is 0 Å². The molecular formula is C58H101NO5. The first-order valence-electron chi connectivity index (χ1n) is 26.9. The summed E-state index contributed by atoms with van der Waals surface area (Å²) in [6, 6.07) is -0.723. The molecule has 0 aromatic rings. The lowest BCUT2D eigenvalue weighted by atomic mass is 10.0. The fourth-order valence-corrected chi connectivity index (χ4v) is 7.75. The summed E-state index contributed by atoms with van der Waals surface area (Å²) >= 11 is 0. The lowest BCUT2D eigenvalue weighted by Gasteiger charge is -2.24. The van der Waals surface area contributed by atoms with E-state index in [1.165, 1.54) is 96.3 Å². The van der Waals surface area contributed by atoms with Crippen LogP contribution >= 0.6 is 0 Å². The molecule has 0 bridgehead atoms.